The van der Waals surface area contributed by atoms with Crippen LogP contribution in [0.15, 0.2) is 72.8 Å². The number of rotatable bonds is 10. The Morgan fingerprint density at radius 1 is 0.941 bits per heavy atom. The van der Waals surface area contributed by atoms with Crippen LogP contribution in [0, 0.1) is 0 Å². The van der Waals surface area contributed by atoms with Gasteiger partial charge in [0.2, 0.25) is 11.8 Å². The molecule has 0 radical (unpaired) electrons. The molecule has 0 bridgehead atoms. The predicted molar refractivity (Wildman–Crippen MR) is 136 cm³/mol. The van der Waals surface area contributed by atoms with E-state index >= 15 is 0 Å². The Morgan fingerprint density at radius 3 is 2.24 bits per heavy atom. The normalized spacial score (nSPS) is 11.5. The molecule has 3 aromatic rings. The number of halogens is 2. The number of nitrogens with one attached hydrogen (secondary N) is 1. The van der Waals surface area contributed by atoms with E-state index in [4.69, 9.17) is 27.9 Å². The van der Waals surface area contributed by atoms with Crippen molar-refractivity contribution in [2.45, 2.75) is 32.4 Å². The first-order valence-electron chi connectivity index (χ1n) is 11.1. The summed E-state index contributed by atoms with van der Waals surface area (Å²) in [6.07, 6.45) is 0.353. The lowest BCUT2D eigenvalue weighted by atomic mass is 10.0. The van der Waals surface area contributed by atoms with Crippen LogP contribution in [0.1, 0.15) is 23.6 Å². The van der Waals surface area contributed by atoms with Gasteiger partial charge in [0, 0.05) is 29.6 Å². The van der Waals surface area contributed by atoms with Crippen LogP contribution in [0.25, 0.3) is 0 Å². The number of carbonyl (C=O) groups excluding carboxylic acids is 2. The molecule has 0 aliphatic heterocycles. The van der Waals surface area contributed by atoms with Crippen molar-refractivity contribution < 1.29 is 14.3 Å². The molecular formula is C27H28Cl2N2O3. The van der Waals surface area contributed by atoms with Gasteiger partial charge in [-0.2, -0.15) is 0 Å². The SMILES string of the molecule is CCNC(=O)C(Cc1ccccc1)N(Cc1cccc(OC)c1)C(=O)Cc1c(Cl)cccc1Cl. The summed E-state index contributed by atoms with van der Waals surface area (Å²) in [7, 11) is 1.59. The Morgan fingerprint density at radius 2 is 1.59 bits per heavy atom. The molecule has 0 aromatic heterocycles. The second-order valence-electron chi connectivity index (χ2n) is 7.85. The van der Waals surface area contributed by atoms with Gasteiger partial charge >= 0.3 is 0 Å². The van der Waals surface area contributed by atoms with Crippen LogP contribution in [-0.2, 0) is 29.0 Å². The summed E-state index contributed by atoms with van der Waals surface area (Å²) >= 11 is 12.7. The molecule has 0 aliphatic rings. The molecule has 0 saturated heterocycles. The van der Waals surface area contributed by atoms with E-state index in [1.54, 1.807) is 30.2 Å². The van der Waals surface area contributed by atoms with Crippen LogP contribution in [0.4, 0.5) is 0 Å². The van der Waals surface area contributed by atoms with Gasteiger partial charge in [0.05, 0.1) is 13.5 Å². The van der Waals surface area contributed by atoms with Crippen LogP contribution < -0.4 is 10.1 Å². The topological polar surface area (TPSA) is 58.6 Å². The van der Waals surface area contributed by atoms with Crippen molar-refractivity contribution in [3.8, 4) is 5.75 Å². The number of benzene rings is 3. The third kappa shape index (κ3) is 6.75. The molecule has 1 atom stereocenters. The van der Waals surface area contributed by atoms with E-state index in [1.165, 1.54) is 0 Å². The fourth-order valence-corrected chi connectivity index (χ4v) is 4.30. The first kappa shape index (κ1) is 25.6. The fourth-order valence-electron chi connectivity index (χ4n) is 3.77. The lowest BCUT2D eigenvalue weighted by molar-refractivity contribution is -0.140. The molecule has 0 spiro atoms. The molecule has 0 saturated carbocycles. The highest BCUT2D eigenvalue weighted by atomic mass is 35.5. The van der Waals surface area contributed by atoms with Gasteiger partial charge in [0.15, 0.2) is 0 Å². The Balaban J connectivity index is 2.00. The zero-order valence-corrected chi connectivity index (χ0v) is 20.8. The van der Waals surface area contributed by atoms with Crippen LogP contribution in [0.5, 0.6) is 5.75 Å². The third-order valence-corrected chi connectivity index (χ3v) is 6.21. The average molecular weight is 499 g/mol. The molecule has 178 valence electrons. The molecular weight excluding hydrogens is 471 g/mol. The molecule has 3 aromatic carbocycles. The highest BCUT2D eigenvalue weighted by molar-refractivity contribution is 6.36. The predicted octanol–water partition coefficient (Wildman–Crippen LogP) is 5.32. The zero-order chi connectivity index (χ0) is 24.5. The van der Waals surface area contributed by atoms with E-state index in [0.717, 1.165) is 11.1 Å². The van der Waals surface area contributed by atoms with Crippen molar-refractivity contribution in [2.75, 3.05) is 13.7 Å². The van der Waals surface area contributed by atoms with Gasteiger partial charge in [0.25, 0.3) is 0 Å². The van der Waals surface area contributed by atoms with E-state index in [2.05, 4.69) is 5.32 Å². The maximum Gasteiger partial charge on any atom is 0.243 e. The van der Waals surface area contributed by atoms with E-state index in [-0.39, 0.29) is 24.8 Å². The van der Waals surface area contributed by atoms with Crippen molar-refractivity contribution in [1.82, 2.24) is 10.2 Å². The molecule has 1 unspecified atom stereocenters. The summed E-state index contributed by atoms with van der Waals surface area (Å²) in [5.74, 6) is 0.217. The average Bonchev–Trinajstić information content (AvgIpc) is 2.84. The molecule has 0 fully saturated rings. The fraction of sp³-hybridized carbons (Fsp3) is 0.259. The van der Waals surface area contributed by atoms with Crippen molar-refractivity contribution in [3.63, 3.8) is 0 Å². The standard InChI is InChI=1S/C27H28Cl2N2O3/c1-3-30-27(33)25(16-19-9-5-4-6-10-19)31(18-20-11-7-12-21(15-20)34-2)26(32)17-22-23(28)13-8-14-24(22)29/h4-15,25H,3,16-18H2,1-2H3,(H,30,33). The first-order valence-corrected chi connectivity index (χ1v) is 11.9. The molecule has 2 amide bonds. The number of nitrogens with zero attached hydrogens (tertiary/aromatic N) is 1. The van der Waals surface area contributed by atoms with E-state index in [0.29, 0.717) is 34.3 Å². The van der Waals surface area contributed by atoms with Crippen molar-refractivity contribution >= 4 is 35.0 Å². The highest BCUT2D eigenvalue weighted by Crippen LogP contribution is 2.26. The van der Waals surface area contributed by atoms with Gasteiger partial charge in [0.1, 0.15) is 11.8 Å². The number of hydrogen-bond acceptors (Lipinski definition) is 3. The van der Waals surface area contributed by atoms with Gasteiger partial charge in [-0.25, -0.2) is 0 Å². The molecule has 7 heteroatoms. The summed E-state index contributed by atoms with van der Waals surface area (Å²) in [4.78, 5) is 28.5. The molecule has 5 nitrogen and oxygen atoms in total. The van der Waals surface area contributed by atoms with Gasteiger partial charge in [-0.05, 0) is 47.9 Å². The number of methoxy groups -OCH3 is 1. The Bertz CT molecular complexity index is 1100. The Labute approximate surface area is 210 Å². The summed E-state index contributed by atoms with van der Waals surface area (Å²) in [5, 5.41) is 3.72. The van der Waals surface area contributed by atoms with Crippen LogP contribution in [-0.4, -0.2) is 36.4 Å². The number of carbonyl (C=O) groups is 2. The minimum absolute atomic E-state index is 0.0207. The monoisotopic (exact) mass is 498 g/mol. The smallest absolute Gasteiger partial charge is 0.243 e. The molecule has 3 rings (SSSR count). The van der Waals surface area contributed by atoms with Gasteiger partial charge in [-0.3, -0.25) is 9.59 Å². The highest BCUT2D eigenvalue weighted by Gasteiger charge is 2.30. The largest absolute Gasteiger partial charge is 0.497 e. The quantitative estimate of drug-likeness (QED) is 0.411. The van der Waals surface area contributed by atoms with E-state index in [9.17, 15) is 9.59 Å². The zero-order valence-electron chi connectivity index (χ0n) is 19.3. The minimum atomic E-state index is -0.720. The number of likely N-dealkylation sites (N-methyl/N-ethyl adjacent to an activating group) is 1. The molecule has 0 aliphatic carbocycles. The maximum absolute atomic E-state index is 13.7. The van der Waals surface area contributed by atoms with Crippen LogP contribution >= 0.6 is 23.2 Å². The third-order valence-electron chi connectivity index (χ3n) is 5.50. The summed E-state index contributed by atoms with van der Waals surface area (Å²) < 4.78 is 5.35. The van der Waals surface area contributed by atoms with Gasteiger partial charge in [-0.15, -0.1) is 0 Å². The van der Waals surface area contributed by atoms with Crippen molar-refractivity contribution in [2.24, 2.45) is 0 Å². The van der Waals surface area contributed by atoms with E-state index < -0.39 is 6.04 Å². The molecule has 0 heterocycles. The minimum Gasteiger partial charge on any atom is -0.497 e. The second-order valence-corrected chi connectivity index (χ2v) is 8.66. The second kappa shape index (κ2) is 12.4. The molecule has 34 heavy (non-hydrogen) atoms. The van der Waals surface area contributed by atoms with Crippen LogP contribution in [0.2, 0.25) is 10.0 Å². The van der Waals surface area contributed by atoms with Crippen LogP contribution in [0.3, 0.4) is 0 Å². The number of amides is 2. The Kier molecular flexibility index (Phi) is 9.37. The summed E-state index contributed by atoms with van der Waals surface area (Å²) in [6.45, 7) is 2.55. The van der Waals surface area contributed by atoms with Crippen molar-refractivity contribution in [1.29, 1.82) is 0 Å². The van der Waals surface area contributed by atoms with Crippen molar-refractivity contribution in [3.05, 3.63) is 99.5 Å². The van der Waals surface area contributed by atoms with Gasteiger partial charge < -0.3 is 15.0 Å². The lowest BCUT2D eigenvalue weighted by Gasteiger charge is -2.32. The summed E-state index contributed by atoms with van der Waals surface area (Å²) in [6, 6.07) is 21.5. The Hall–Kier alpha value is -3.02. The molecule has 1 N–H and O–H groups in total. The number of hydrogen-bond donors (Lipinski definition) is 1. The lowest BCUT2D eigenvalue weighted by Crippen LogP contribution is -2.51. The first-order chi connectivity index (χ1) is 16.4. The van der Waals surface area contributed by atoms with E-state index in [1.807, 2.05) is 61.5 Å². The number of ether oxygens (including phenoxy) is 1. The summed E-state index contributed by atoms with van der Waals surface area (Å²) in [5.41, 5.74) is 2.35. The maximum atomic E-state index is 13.7. The van der Waals surface area contributed by atoms with Gasteiger partial charge in [-0.1, -0.05) is 71.7 Å².